The molecule has 0 unspecified atom stereocenters. The van der Waals surface area contributed by atoms with E-state index in [1.54, 1.807) is 0 Å². The molecule has 1 aromatic heterocycles. The summed E-state index contributed by atoms with van der Waals surface area (Å²) in [5.41, 5.74) is 4.83. The van der Waals surface area contributed by atoms with E-state index in [1.807, 2.05) is 18.2 Å². The van der Waals surface area contributed by atoms with Gasteiger partial charge in [0.25, 0.3) is 0 Å². The number of nitrogens with one attached hydrogen (secondary N) is 1. The number of hydrogen-bond donors (Lipinski definition) is 1. The van der Waals surface area contributed by atoms with Gasteiger partial charge in [0.1, 0.15) is 5.82 Å². The van der Waals surface area contributed by atoms with E-state index in [-0.39, 0.29) is 0 Å². The van der Waals surface area contributed by atoms with Crippen LogP contribution < -0.4 is 0 Å². The molecule has 0 fully saturated rings. The highest BCUT2D eigenvalue weighted by molar-refractivity contribution is 5.74. The molecule has 1 N–H and O–H groups in total. The van der Waals surface area contributed by atoms with E-state index >= 15 is 0 Å². The van der Waals surface area contributed by atoms with Crippen LogP contribution in [-0.2, 0) is 6.54 Å². The van der Waals surface area contributed by atoms with Crippen molar-refractivity contribution < 1.29 is 0 Å². The third-order valence-corrected chi connectivity index (χ3v) is 4.43. The Balaban J connectivity index is 1.38. The predicted octanol–water partition coefficient (Wildman–Crippen LogP) is 4.41. The number of para-hydroxylation sites is 2. The van der Waals surface area contributed by atoms with Gasteiger partial charge < -0.3 is 4.98 Å². The van der Waals surface area contributed by atoms with Gasteiger partial charge in [-0.3, -0.25) is 4.90 Å². The highest BCUT2D eigenvalue weighted by atomic mass is 15.1. The number of H-pyrrole nitrogens is 1. The fraction of sp³-hybridized carbons (Fsp3) is 0.190. The van der Waals surface area contributed by atoms with E-state index in [4.69, 9.17) is 0 Å². The average Bonchev–Trinajstić information content (AvgIpc) is 3.04. The minimum absolute atomic E-state index is 0.876. The molecule has 0 saturated carbocycles. The van der Waals surface area contributed by atoms with Gasteiger partial charge >= 0.3 is 0 Å². The molecule has 120 valence electrons. The Bertz CT molecular complexity index is 841. The van der Waals surface area contributed by atoms with Gasteiger partial charge in [-0.15, -0.1) is 0 Å². The standard InChI is InChI=1S/C21H21N3/c1-2-6-17(7-3-1)10-11-18-12-14-24(15-13-18)16-21-22-19-8-4-5-9-20(19)23-21/h1-12H,13-16H2,(H,22,23). The minimum Gasteiger partial charge on any atom is -0.341 e. The van der Waals surface area contributed by atoms with Crippen LogP contribution in [0.15, 0.2) is 72.3 Å². The van der Waals surface area contributed by atoms with Crippen molar-refractivity contribution in [3.05, 3.63) is 83.7 Å². The zero-order valence-electron chi connectivity index (χ0n) is 13.7. The van der Waals surface area contributed by atoms with Gasteiger partial charge in [-0.05, 0) is 29.7 Å². The maximum Gasteiger partial charge on any atom is 0.121 e. The zero-order chi connectivity index (χ0) is 16.2. The lowest BCUT2D eigenvalue weighted by Crippen LogP contribution is -2.28. The molecule has 0 saturated heterocycles. The number of imidazole rings is 1. The quantitative estimate of drug-likeness (QED) is 0.773. The Morgan fingerprint density at radius 1 is 1.00 bits per heavy atom. The number of benzene rings is 2. The van der Waals surface area contributed by atoms with Crippen molar-refractivity contribution in [1.29, 1.82) is 0 Å². The monoisotopic (exact) mass is 315 g/mol. The molecule has 3 nitrogen and oxygen atoms in total. The van der Waals surface area contributed by atoms with Crippen molar-refractivity contribution in [2.45, 2.75) is 13.0 Å². The Morgan fingerprint density at radius 3 is 2.62 bits per heavy atom. The topological polar surface area (TPSA) is 31.9 Å². The molecule has 24 heavy (non-hydrogen) atoms. The first-order valence-corrected chi connectivity index (χ1v) is 8.45. The summed E-state index contributed by atoms with van der Waals surface area (Å²) in [6.45, 7) is 2.92. The average molecular weight is 315 g/mol. The van der Waals surface area contributed by atoms with Crippen LogP contribution in [0.25, 0.3) is 17.1 Å². The lowest BCUT2D eigenvalue weighted by atomic mass is 10.1. The Morgan fingerprint density at radius 2 is 1.83 bits per heavy atom. The lowest BCUT2D eigenvalue weighted by molar-refractivity contribution is 0.281. The number of hydrogen-bond acceptors (Lipinski definition) is 2. The summed E-state index contributed by atoms with van der Waals surface area (Å²) in [7, 11) is 0. The third-order valence-electron chi connectivity index (χ3n) is 4.43. The number of aromatic nitrogens is 2. The number of nitrogens with zero attached hydrogens (tertiary/aromatic N) is 2. The van der Waals surface area contributed by atoms with Crippen LogP contribution in [0.5, 0.6) is 0 Å². The SMILES string of the molecule is C(=Cc1ccccc1)C1=CCN(Cc2nc3ccccc3[nH]2)CC1. The first kappa shape index (κ1) is 14.9. The van der Waals surface area contributed by atoms with Gasteiger partial charge in [0.15, 0.2) is 0 Å². The van der Waals surface area contributed by atoms with Gasteiger partial charge in [0.2, 0.25) is 0 Å². The number of fused-ring (bicyclic) bond motifs is 1. The van der Waals surface area contributed by atoms with Gasteiger partial charge in [-0.1, -0.05) is 60.7 Å². The van der Waals surface area contributed by atoms with Gasteiger partial charge in [-0.25, -0.2) is 4.98 Å². The second kappa shape index (κ2) is 6.85. The Kier molecular flexibility index (Phi) is 4.26. The summed E-state index contributed by atoms with van der Waals surface area (Å²) in [5.74, 6) is 1.05. The Labute approximate surface area is 142 Å². The number of rotatable bonds is 4. The Hall–Kier alpha value is -2.65. The van der Waals surface area contributed by atoms with Crippen molar-refractivity contribution in [2.24, 2.45) is 0 Å². The molecule has 2 aromatic carbocycles. The van der Waals surface area contributed by atoms with Crippen LogP contribution in [0.3, 0.4) is 0 Å². The molecule has 3 heteroatoms. The summed E-state index contributed by atoms with van der Waals surface area (Å²) in [6, 6.07) is 18.7. The number of aromatic amines is 1. The second-order valence-electron chi connectivity index (χ2n) is 6.21. The molecule has 1 aliphatic rings. The summed E-state index contributed by atoms with van der Waals surface area (Å²) in [6.07, 6.45) is 7.85. The lowest BCUT2D eigenvalue weighted by Gasteiger charge is -2.24. The van der Waals surface area contributed by atoms with E-state index in [0.717, 1.165) is 42.9 Å². The van der Waals surface area contributed by atoms with Crippen molar-refractivity contribution in [1.82, 2.24) is 14.9 Å². The van der Waals surface area contributed by atoms with Crippen LogP contribution >= 0.6 is 0 Å². The molecule has 2 heterocycles. The molecule has 0 spiro atoms. The molecular weight excluding hydrogens is 294 g/mol. The van der Waals surface area contributed by atoms with Crippen molar-refractivity contribution in [3.63, 3.8) is 0 Å². The minimum atomic E-state index is 0.876. The molecular formula is C21H21N3. The largest absolute Gasteiger partial charge is 0.341 e. The van der Waals surface area contributed by atoms with E-state index in [1.165, 1.54) is 11.1 Å². The number of allylic oxidation sites excluding steroid dienone is 1. The van der Waals surface area contributed by atoms with E-state index in [0.29, 0.717) is 0 Å². The van der Waals surface area contributed by atoms with Crippen molar-refractivity contribution >= 4 is 17.1 Å². The van der Waals surface area contributed by atoms with Gasteiger partial charge in [0.05, 0.1) is 17.6 Å². The van der Waals surface area contributed by atoms with Gasteiger partial charge in [0, 0.05) is 13.1 Å². The maximum atomic E-state index is 4.67. The molecule has 0 aliphatic carbocycles. The zero-order valence-corrected chi connectivity index (χ0v) is 13.7. The maximum absolute atomic E-state index is 4.67. The van der Waals surface area contributed by atoms with E-state index < -0.39 is 0 Å². The normalized spacial score (nSPS) is 15.9. The molecule has 3 aromatic rings. The van der Waals surface area contributed by atoms with E-state index in [2.05, 4.69) is 69.5 Å². The fourth-order valence-electron chi connectivity index (χ4n) is 3.08. The van der Waals surface area contributed by atoms with Gasteiger partial charge in [-0.2, -0.15) is 0 Å². The van der Waals surface area contributed by atoms with Crippen LogP contribution in [0.4, 0.5) is 0 Å². The van der Waals surface area contributed by atoms with Crippen LogP contribution in [-0.4, -0.2) is 28.0 Å². The third kappa shape index (κ3) is 3.47. The van der Waals surface area contributed by atoms with Crippen LogP contribution in [0.2, 0.25) is 0 Å². The molecule has 0 bridgehead atoms. The smallest absolute Gasteiger partial charge is 0.121 e. The fourth-order valence-corrected chi connectivity index (χ4v) is 3.08. The second-order valence-corrected chi connectivity index (χ2v) is 6.21. The molecule has 4 rings (SSSR count). The molecule has 0 amide bonds. The van der Waals surface area contributed by atoms with Crippen molar-refractivity contribution in [2.75, 3.05) is 13.1 Å². The van der Waals surface area contributed by atoms with E-state index in [9.17, 15) is 0 Å². The summed E-state index contributed by atoms with van der Waals surface area (Å²) in [5, 5.41) is 0. The summed E-state index contributed by atoms with van der Waals surface area (Å²) >= 11 is 0. The van der Waals surface area contributed by atoms with Crippen molar-refractivity contribution in [3.8, 4) is 0 Å². The molecule has 0 atom stereocenters. The summed E-state index contributed by atoms with van der Waals surface area (Å²) < 4.78 is 0. The first-order valence-electron chi connectivity index (χ1n) is 8.45. The predicted molar refractivity (Wildman–Crippen MR) is 99.5 cm³/mol. The summed E-state index contributed by atoms with van der Waals surface area (Å²) in [4.78, 5) is 10.5. The highest BCUT2D eigenvalue weighted by Gasteiger charge is 2.12. The van der Waals surface area contributed by atoms with Crippen LogP contribution in [0.1, 0.15) is 17.8 Å². The first-order chi connectivity index (χ1) is 11.9. The molecule has 0 radical (unpaired) electrons. The molecule has 1 aliphatic heterocycles. The highest BCUT2D eigenvalue weighted by Crippen LogP contribution is 2.17. The van der Waals surface area contributed by atoms with Crippen LogP contribution in [0, 0.1) is 0 Å².